The van der Waals surface area contributed by atoms with Crippen molar-refractivity contribution in [3.05, 3.63) is 181 Å². The van der Waals surface area contributed by atoms with E-state index in [1.807, 2.05) is 54.6 Å². The van der Waals surface area contributed by atoms with Crippen LogP contribution in [0.2, 0.25) is 0 Å². The number of para-hydroxylation sites is 2. The largest absolute Gasteiger partial charge is 0.455 e. The van der Waals surface area contributed by atoms with Gasteiger partial charge in [0.25, 0.3) is 0 Å². The van der Waals surface area contributed by atoms with E-state index in [0.29, 0.717) is 11.1 Å². The number of hydrogen-bond acceptors (Lipinski definition) is 3. The van der Waals surface area contributed by atoms with Gasteiger partial charge in [0.15, 0.2) is 0 Å². The molecule has 8 aromatic carbocycles. The van der Waals surface area contributed by atoms with E-state index in [1.54, 1.807) is 0 Å². The normalized spacial score (nSPS) is 11.6. The molecule has 5 nitrogen and oxygen atoms in total. The maximum absolute atomic E-state index is 9.89. The molecule has 0 aliphatic carbocycles. The number of nitrogens with zero attached hydrogens (tertiary/aromatic N) is 4. The van der Waals surface area contributed by atoms with E-state index in [1.165, 1.54) is 0 Å². The van der Waals surface area contributed by atoms with Gasteiger partial charge in [0.1, 0.15) is 11.2 Å². The number of furan rings is 1. The first-order valence-electron chi connectivity index (χ1n) is 18.2. The van der Waals surface area contributed by atoms with Gasteiger partial charge in [0.2, 0.25) is 0 Å². The number of rotatable bonds is 4. The minimum Gasteiger partial charge on any atom is -0.455 e. The summed E-state index contributed by atoms with van der Waals surface area (Å²) in [6.45, 7) is 0. The summed E-state index contributed by atoms with van der Waals surface area (Å²) in [4.78, 5) is 0. The molecule has 11 aromatic rings. The van der Waals surface area contributed by atoms with Crippen molar-refractivity contribution in [3.63, 3.8) is 0 Å². The molecule has 0 saturated heterocycles. The van der Waals surface area contributed by atoms with Crippen LogP contribution in [0.15, 0.2) is 174 Å². The lowest BCUT2D eigenvalue weighted by molar-refractivity contribution is 0.673. The number of nitriles is 2. The van der Waals surface area contributed by atoms with Gasteiger partial charge in [0, 0.05) is 38.3 Å². The summed E-state index contributed by atoms with van der Waals surface area (Å²) < 4.78 is 11.1. The standard InChI is InChI=1S/C50H28N4O/c51-29-31-19-22-45-42(25-31)39-15-3-5-17-44(39)53(45)35-11-7-9-33(27-35)37-13-1-2-14-38(37)34-10-8-12-36(28-34)54-46-23-20-32(30-52)26-43(46)49-47(54)24-21-41-40-16-4-6-18-48(40)55-50(41)49/h1-28H. The van der Waals surface area contributed by atoms with E-state index in [9.17, 15) is 10.5 Å². The predicted octanol–water partition coefficient (Wildman–Crippen LogP) is 12.9. The molecule has 254 valence electrons. The lowest BCUT2D eigenvalue weighted by Crippen LogP contribution is -1.96. The number of benzene rings is 8. The molecule has 0 unspecified atom stereocenters. The molecule has 3 heterocycles. The van der Waals surface area contributed by atoms with Crippen LogP contribution in [-0.2, 0) is 0 Å². The van der Waals surface area contributed by atoms with Gasteiger partial charge in [-0.25, -0.2) is 0 Å². The summed E-state index contributed by atoms with van der Waals surface area (Å²) in [6.07, 6.45) is 0. The highest BCUT2D eigenvalue weighted by molar-refractivity contribution is 6.24. The molecule has 0 N–H and O–H groups in total. The SMILES string of the molecule is N#Cc1ccc2c(c1)c1ccccc1n2-c1cccc(-c2ccccc2-c2cccc(-n3c4ccc(C#N)cc4c4c5oc6ccccc6c5ccc43)c2)c1. The van der Waals surface area contributed by atoms with Gasteiger partial charge in [-0.15, -0.1) is 0 Å². The maximum Gasteiger partial charge on any atom is 0.145 e. The van der Waals surface area contributed by atoms with E-state index in [2.05, 4.69) is 137 Å². The van der Waals surface area contributed by atoms with E-state index < -0.39 is 0 Å². The fourth-order valence-electron chi connectivity index (χ4n) is 8.57. The van der Waals surface area contributed by atoms with Crippen molar-refractivity contribution in [3.8, 4) is 45.8 Å². The molecule has 55 heavy (non-hydrogen) atoms. The number of aromatic nitrogens is 2. The Kier molecular flexibility index (Phi) is 6.61. The van der Waals surface area contributed by atoms with Crippen LogP contribution in [0.5, 0.6) is 0 Å². The molecule has 0 spiro atoms. The summed E-state index contributed by atoms with van der Waals surface area (Å²) in [5.74, 6) is 0. The molecule has 5 heteroatoms. The molecule has 0 amide bonds. The van der Waals surface area contributed by atoms with Crippen molar-refractivity contribution in [2.45, 2.75) is 0 Å². The van der Waals surface area contributed by atoms with Crippen LogP contribution in [0.3, 0.4) is 0 Å². The van der Waals surface area contributed by atoms with E-state index in [4.69, 9.17) is 4.42 Å². The van der Waals surface area contributed by atoms with Crippen LogP contribution in [0.25, 0.3) is 99.2 Å². The fourth-order valence-corrected chi connectivity index (χ4v) is 8.57. The van der Waals surface area contributed by atoms with Gasteiger partial charge in [-0.1, -0.05) is 84.9 Å². The molecule has 3 aromatic heterocycles. The van der Waals surface area contributed by atoms with Crippen molar-refractivity contribution in [2.24, 2.45) is 0 Å². The van der Waals surface area contributed by atoms with Crippen molar-refractivity contribution in [1.82, 2.24) is 9.13 Å². The first-order valence-corrected chi connectivity index (χ1v) is 18.2. The minimum absolute atomic E-state index is 0.609. The Labute approximate surface area is 315 Å². The molecular weight excluding hydrogens is 673 g/mol. The van der Waals surface area contributed by atoms with E-state index in [-0.39, 0.29) is 0 Å². The molecule has 0 radical (unpaired) electrons. The smallest absolute Gasteiger partial charge is 0.145 e. The van der Waals surface area contributed by atoms with Crippen LogP contribution < -0.4 is 0 Å². The highest BCUT2D eigenvalue weighted by Crippen LogP contribution is 2.42. The van der Waals surface area contributed by atoms with Crippen molar-refractivity contribution in [1.29, 1.82) is 10.5 Å². The van der Waals surface area contributed by atoms with Crippen LogP contribution in [0, 0.1) is 22.7 Å². The number of fused-ring (bicyclic) bond motifs is 10. The van der Waals surface area contributed by atoms with Gasteiger partial charge in [-0.3, -0.25) is 0 Å². The predicted molar refractivity (Wildman–Crippen MR) is 223 cm³/mol. The Balaban J connectivity index is 1.08. The zero-order valence-corrected chi connectivity index (χ0v) is 29.4. The third-order valence-corrected chi connectivity index (χ3v) is 11.0. The summed E-state index contributed by atoms with van der Waals surface area (Å²) in [6, 6.07) is 63.3. The second kappa shape index (κ2) is 11.8. The second-order valence-electron chi connectivity index (χ2n) is 14.0. The fraction of sp³-hybridized carbons (Fsp3) is 0. The Morgan fingerprint density at radius 3 is 1.64 bits per heavy atom. The maximum atomic E-state index is 9.89. The molecule has 11 rings (SSSR count). The summed E-state index contributed by atoms with van der Waals surface area (Å²) in [7, 11) is 0. The highest BCUT2D eigenvalue weighted by Gasteiger charge is 2.20. The Bertz CT molecular complexity index is 3470. The second-order valence-corrected chi connectivity index (χ2v) is 14.0. The molecule has 0 atom stereocenters. The Morgan fingerprint density at radius 1 is 0.400 bits per heavy atom. The van der Waals surface area contributed by atoms with Crippen LogP contribution >= 0.6 is 0 Å². The van der Waals surface area contributed by atoms with E-state index >= 15 is 0 Å². The van der Waals surface area contributed by atoms with Crippen LogP contribution in [0.1, 0.15) is 11.1 Å². The Hall–Kier alpha value is -7.86. The lowest BCUT2D eigenvalue weighted by Gasteiger charge is -2.15. The first-order chi connectivity index (χ1) is 27.2. The molecule has 0 aliphatic rings. The molecule has 0 bridgehead atoms. The molecule has 0 aliphatic heterocycles. The zero-order chi connectivity index (χ0) is 36.6. The first kappa shape index (κ1) is 30.7. The van der Waals surface area contributed by atoms with Crippen LogP contribution in [-0.4, -0.2) is 9.13 Å². The van der Waals surface area contributed by atoms with E-state index in [0.717, 1.165) is 99.2 Å². The summed E-state index contributed by atoms with van der Waals surface area (Å²) in [5.41, 5.74) is 13.6. The zero-order valence-electron chi connectivity index (χ0n) is 29.4. The average molecular weight is 701 g/mol. The van der Waals surface area contributed by atoms with Crippen molar-refractivity contribution in [2.75, 3.05) is 0 Å². The summed E-state index contributed by atoms with van der Waals surface area (Å²) >= 11 is 0. The third-order valence-electron chi connectivity index (χ3n) is 11.0. The molecular formula is C50H28N4O. The monoisotopic (exact) mass is 700 g/mol. The summed E-state index contributed by atoms with van der Waals surface area (Å²) in [5, 5.41) is 25.8. The third kappa shape index (κ3) is 4.58. The van der Waals surface area contributed by atoms with Gasteiger partial charge in [-0.2, -0.15) is 10.5 Å². The molecule has 0 fully saturated rings. The minimum atomic E-state index is 0.609. The van der Waals surface area contributed by atoms with Gasteiger partial charge in [-0.05, 0) is 107 Å². The number of hydrogen-bond donors (Lipinski definition) is 0. The van der Waals surface area contributed by atoms with Crippen molar-refractivity contribution < 1.29 is 4.42 Å². The van der Waals surface area contributed by atoms with Gasteiger partial charge < -0.3 is 13.6 Å². The quantitative estimate of drug-likeness (QED) is 0.183. The molecule has 0 saturated carbocycles. The Morgan fingerprint density at radius 2 is 0.945 bits per heavy atom. The van der Waals surface area contributed by atoms with Crippen molar-refractivity contribution >= 4 is 65.6 Å². The topological polar surface area (TPSA) is 70.6 Å². The van der Waals surface area contributed by atoms with Crippen LogP contribution in [0.4, 0.5) is 0 Å². The highest BCUT2D eigenvalue weighted by atomic mass is 16.3. The lowest BCUT2D eigenvalue weighted by atomic mass is 9.94. The van der Waals surface area contributed by atoms with Gasteiger partial charge in [0.05, 0.1) is 50.7 Å². The van der Waals surface area contributed by atoms with Gasteiger partial charge >= 0.3 is 0 Å². The average Bonchev–Trinajstić information content (AvgIpc) is 3.91.